The van der Waals surface area contributed by atoms with Crippen LogP contribution >= 0.6 is 0 Å². The van der Waals surface area contributed by atoms with Gasteiger partial charge in [-0.2, -0.15) is 21.6 Å². The second kappa shape index (κ2) is 7.14. The van der Waals surface area contributed by atoms with Crippen LogP contribution in [0.15, 0.2) is 48.5 Å². The maximum Gasteiger partial charge on any atom is 0.534 e. The first-order chi connectivity index (χ1) is 11.6. The molecule has 2 aromatic carbocycles. The molecule has 0 heterocycles. The van der Waals surface area contributed by atoms with Crippen molar-refractivity contribution in [3.05, 3.63) is 65.2 Å². The van der Waals surface area contributed by atoms with Crippen LogP contribution in [-0.2, 0) is 21.5 Å². The maximum atomic E-state index is 12.5. The number of carbonyl (C=O) groups excluding carboxylic acids is 1. The second-order valence-electron chi connectivity index (χ2n) is 5.04. The summed E-state index contributed by atoms with van der Waals surface area (Å²) in [5.74, 6) is -1.74. The van der Waals surface area contributed by atoms with Gasteiger partial charge in [0.1, 0.15) is 12.2 Å². The Kier molecular flexibility index (Phi) is 5.36. The van der Waals surface area contributed by atoms with Gasteiger partial charge in [0.15, 0.2) is 5.75 Å². The standard InChI is InChI=1S/C16H13F3O5S/c1-11-7-8-13(14(9-11)24-25(21,22)16(17,18)19)15(20)23-10-12-5-3-2-4-6-12/h2-9H,10H2,1H3. The molecule has 134 valence electrons. The van der Waals surface area contributed by atoms with Crippen molar-refractivity contribution >= 4 is 16.1 Å². The Hall–Kier alpha value is -2.55. The van der Waals surface area contributed by atoms with Crippen LogP contribution in [0.3, 0.4) is 0 Å². The fourth-order valence-corrected chi connectivity index (χ4v) is 2.30. The van der Waals surface area contributed by atoms with Gasteiger partial charge in [-0.3, -0.25) is 0 Å². The van der Waals surface area contributed by atoms with Crippen molar-refractivity contribution in [2.24, 2.45) is 0 Å². The Morgan fingerprint density at radius 2 is 1.72 bits per heavy atom. The minimum absolute atomic E-state index is 0.126. The van der Waals surface area contributed by atoms with E-state index in [-0.39, 0.29) is 6.61 Å². The van der Waals surface area contributed by atoms with E-state index in [1.54, 1.807) is 30.3 Å². The molecule has 2 rings (SSSR count). The zero-order chi connectivity index (χ0) is 18.7. The minimum atomic E-state index is -5.90. The van der Waals surface area contributed by atoms with E-state index < -0.39 is 32.9 Å². The molecule has 0 atom stereocenters. The molecule has 0 spiro atoms. The van der Waals surface area contributed by atoms with Crippen LogP contribution in [0.1, 0.15) is 21.5 Å². The molecule has 0 amide bonds. The fraction of sp³-hybridized carbons (Fsp3) is 0.188. The third-order valence-electron chi connectivity index (χ3n) is 3.05. The first kappa shape index (κ1) is 18.8. The molecule has 9 heteroatoms. The molecule has 25 heavy (non-hydrogen) atoms. The summed E-state index contributed by atoms with van der Waals surface area (Å²) >= 11 is 0. The van der Waals surface area contributed by atoms with Crippen molar-refractivity contribution in [2.45, 2.75) is 19.0 Å². The van der Waals surface area contributed by atoms with E-state index >= 15 is 0 Å². The smallest absolute Gasteiger partial charge is 0.457 e. The van der Waals surface area contributed by atoms with E-state index in [1.165, 1.54) is 13.0 Å². The molecule has 0 saturated heterocycles. The van der Waals surface area contributed by atoms with Crippen molar-refractivity contribution in [3.8, 4) is 5.75 Å². The van der Waals surface area contributed by atoms with Gasteiger partial charge in [-0.15, -0.1) is 0 Å². The monoisotopic (exact) mass is 374 g/mol. The van der Waals surface area contributed by atoms with E-state index in [4.69, 9.17) is 4.74 Å². The number of benzene rings is 2. The van der Waals surface area contributed by atoms with E-state index in [0.29, 0.717) is 11.1 Å². The number of carbonyl (C=O) groups is 1. The SMILES string of the molecule is Cc1ccc(C(=O)OCc2ccccc2)c(OS(=O)(=O)C(F)(F)F)c1. The Labute approximate surface area is 142 Å². The summed E-state index contributed by atoms with van der Waals surface area (Å²) in [5, 5.41) is 0. The Morgan fingerprint density at radius 3 is 2.32 bits per heavy atom. The van der Waals surface area contributed by atoms with E-state index in [1.807, 2.05) is 0 Å². The molecule has 0 aliphatic carbocycles. The van der Waals surface area contributed by atoms with Crippen molar-refractivity contribution in [1.29, 1.82) is 0 Å². The average molecular weight is 374 g/mol. The van der Waals surface area contributed by atoms with Crippen LogP contribution in [0.2, 0.25) is 0 Å². The van der Waals surface area contributed by atoms with Crippen LogP contribution in [0, 0.1) is 6.92 Å². The molecule has 0 aliphatic heterocycles. The highest BCUT2D eigenvalue weighted by Crippen LogP contribution is 2.30. The normalized spacial score (nSPS) is 11.8. The lowest BCUT2D eigenvalue weighted by Gasteiger charge is -2.13. The highest BCUT2D eigenvalue weighted by Gasteiger charge is 2.49. The highest BCUT2D eigenvalue weighted by molar-refractivity contribution is 7.88. The zero-order valence-electron chi connectivity index (χ0n) is 12.9. The summed E-state index contributed by atoms with van der Waals surface area (Å²) in [4.78, 5) is 12.1. The van der Waals surface area contributed by atoms with Gasteiger partial charge in [0.05, 0.1) is 0 Å². The van der Waals surface area contributed by atoms with Crippen LogP contribution in [0.25, 0.3) is 0 Å². The topological polar surface area (TPSA) is 69.7 Å². The number of alkyl halides is 3. The Balaban J connectivity index is 2.24. The summed E-state index contributed by atoms with van der Waals surface area (Å²) in [7, 11) is -5.90. The highest BCUT2D eigenvalue weighted by atomic mass is 32.2. The summed E-state index contributed by atoms with van der Waals surface area (Å²) in [6.45, 7) is 1.38. The van der Waals surface area contributed by atoms with Crippen molar-refractivity contribution < 1.29 is 35.3 Å². The molecular weight excluding hydrogens is 361 g/mol. The van der Waals surface area contributed by atoms with Crippen molar-refractivity contribution in [2.75, 3.05) is 0 Å². The molecule has 0 radical (unpaired) electrons. The summed E-state index contributed by atoms with van der Waals surface area (Å²) in [5.41, 5.74) is -4.96. The number of esters is 1. The maximum absolute atomic E-state index is 12.5. The van der Waals surface area contributed by atoms with Gasteiger partial charge in [0.25, 0.3) is 0 Å². The quantitative estimate of drug-likeness (QED) is 0.455. The number of rotatable bonds is 5. The first-order valence-electron chi connectivity index (χ1n) is 6.92. The second-order valence-corrected chi connectivity index (χ2v) is 6.58. The molecule has 0 aliphatic rings. The van der Waals surface area contributed by atoms with Gasteiger partial charge < -0.3 is 8.92 Å². The third-order valence-corrected chi connectivity index (χ3v) is 4.02. The zero-order valence-corrected chi connectivity index (χ0v) is 13.7. The van der Waals surface area contributed by atoms with E-state index in [9.17, 15) is 26.4 Å². The molecule has 0 N–H and O–H groups in total. The van der Waals surface area contributed by atoms with Crippen LogP contribution in [-0.4, -0.2) is 19.9 Å². The number of halogens is 3. The summed E-state index contributed by atoms with van der Waals surface area (Å²) in [6.07, 6.45) is 0. The van der Waals surface area contributed by atoms with Gasteiger partial charge in [-0.25, -0.2) is 4.79 Å². The fourth-order valence-electron chi connectivity index (χ4n) is 1.83. The first-order valence-corrected chi connectivity index (χ1v) is 8.33. The average Bonchev–Trinajstić information content (AvgIpc) is 2.52. The lowest BCUT2D eigenvalue weighted by Crippen LogP contribution is -2.28. The van der Waals surface area contributed by atoms with Gasteiger partial charge in [0.2, 0.25) is 0 Å². The predicted molar refractivity (Wildman–Crippen MR) is 82.3 cm³/mol. The lowest BCUT2D eigenvalue weighted by atomic mass is 10.1. The molecular formula is C16H13F3O5S. The van der Waals surface area contributed by atoms with Gasteiger partial charge in [0, 0.05) is 0 Å². The van der Waals surface area contributed by atoms with E-state index in [2.05, 4.69) is 4.18 Å². The molecule has 0 aromatic heterocycles. The molecule has 2 aromatic rings. The molecule has 0 unspecified atom stereocenters. The largest absolute Gasteiger partial charge is 0.534 e. The summed E-state index contributed by atoms with van der Waals surface area (Å²) < 4.78 is 69.0. The van der Waals surface area contributed by atoms with Crippen LogP contribution < -0.4 is 4.18 Å². The minimum Gasteiger partial charge on any atom is -0.457 e. The summed E-state index contributed by atoms with van der Waals surface area (Å²) in [6, 6.07) is 12.2. The van der Waals surface area contributed by atoms with E-state index in [0.717, 1.165) is 12.1 Å². The molecule has 0 bridgehead atoms. The number of hydrogen-bond acceptors (Lipinski definition) is 5. The Bertz CT molecular complexity index is 861. The van der Waals surface area contributed by atoms with Gasteiger partial charge in [-0.1, -0.05) is 36.4 Å². The molecule has 5 nitrogen and oxygen atoms in total. The molecule has 0 saturated carbocycles. The Morgan fingerprint density at radius 1 is 1.08 bits per heavy atom. The van der Waals surface area contributed by atoms with Crippen LogP contribution in [0.4, 0.5) is 13.2 Å². The number of hydrogen-bond donors (Lipinski definition) is 0. The molecule has 0 fully saturated rings. The lowest BCUT2D eigenvalue weighted by molar-refractivity contribution is -0.0500. The number of ether oxygens (including phenoxy) is 1. The van der Waals surface area contributed by atoms with Gasteiger partial charge >= 0.3 is 21.6 Å². The van der Waals surface area contributed by atoms with Crippen LogP contribution in [0.5, 0.6) is 5.75 Å². The third kappa shape index (κ3) is 4.72. The van der Waals surface area contributed by atoms with Crippen molar-refractivity contribution in [1.82, 2.24) is 0 Å². The van der Waals surface area contributed by atoms with Gasteiger partial charge in [-0.05, 0) is 30.2 Å². The predicted octanol–water partition coefficient (Wildman–Crippen LogP) is 3.58. The number of aryl methyl sites for hydroxylation is 1. The van der Waals surface area contributed by atoms with Crippen molar-refractivity contribution in [3.63, 3.8) is 0 Å².